The fraction of sp³-hybridized carbons (Fsp3) is 0.240. The summed E-state index contributed by atoms with van der Waals surface area (Å²) in [5, 5.41) is 0. The number of benzene rings is 3. The topological polar surface area (TPSA) is 76.2 Å². The van der Waals surface area contributed by atoms with Crippen LogP contribution in [0, 0.1) is 6.92 Å². The molecule has 0 bridgehead atoms. The van der Waals surface area contributed by atoms with Gasteiger partial charge in [0.15, 0.2) is 11.5 Å². The molecule has 3 aromatic rings. The molecule has 0 radical (unpaired) electrons. The first-order valence-corrected chi connectivity index (χ1v) is 12.2. The number of amides is 1. The zero-order valence-corrected chi connectivity index (χ0v) is 19.0. The Hall–Kier alpha value is -3.52. The number of carbonyl (C=O) groups excluding carboxylic acids is 1. The smallest absolute Gasteiger partial charge is 0.264 e. The Morgan fingerprint density at radius 1 is 0.970 bits per heavy atom. The van der Waals surface area contributed by atoms with Crippen LogP contribution >= 0.6 is 0 Å². The zero-order chi connectivity index (χ0) is 23.0. The summed E-state index contributed by atoms with van der Waals surface area (Å²) in [5.41, 5.74) is 3.34. The molecule has 1 amide bonds. The maximum Gasteiger partial charge on any atom is 0.264 e. The largest absolute Gasteiger partial charge is 0.486 e. The SMILES string of the molecule is Cc1ccc(N(CC(=O)N2CCc3ccccc32)S(=O)(=O)c2ccc3c(c2)OCCO3)cc1. The van der Waals surface area contributed by atoms with Gasteiger partial charge in [-0.1, -0.05) is 35.9 Å². The van der Waals surface area contributed by atoms with Crippen LogP contribution in [0.15, 0.2) is 71.6 Å². The lowest BCUT2D eigenvalue weighted by molar-refractivity contribution is -0.117. The molecule has 0 saturated heterocycles. The molecular formula is C25H24N2O5S. The highest BCUT2D eigenvalue weighted by Crippen LogP contribution is 2.35. The zero-order valence-electron chi connectivity index (χ0n) is 18.2. The second-order valence-electron chi connectivity index (χ2n) is 8.08. The van der Waals surface area contributed by atoms with Gasteiger partial charge in [-0.05, 0) is 49.2 Å². The van der Waals surface area contributed by atoms with Gasteiger partial charge in [-0.2, -0.15) is 0 Å². The van der Waals surface area contributed by atoms with Crippen molar-refractivity contribution in [3.05, 3.63) is 77.9 Å². The highest BCUT2D eigenvalue weighted by molar-refractivity contribution is 7.92. The molecule has 0 saturated carbocycles. The monoisotopic (exact) mass is 464 g/mol. The van der Waals surface area contributed by atoms with Crippen LogP contribution in [-0.2, 0) is 21.2 Å². The van der Waals surface area contributed by atoms with Gasteiger partial charge >= 0.3 is 0 Å². The summed E-state index contributed by atoms with van der Waals surface area (Å²) >= 11 is 0. The molecule has 7 nitrogen and oxygen atoms in total. The van der Waals surface area contributed by atoms with E-state index in [1.807, 2.05) is 43.3 Å². The van der Waals surface area contributed by atoms with Gasteiger partial charge in [0.25, 0.3) is 10.0 Å². The summed E-state index contributed by atoms with van der Waals surface area (Å²) in [6.07, 6.45) is 0.751. The average molecular weight is 465 g/mol. The van der Waals surface area contributed by atoms with Crippen LogP contribution in [-0.4, -0.2) is 40.6 Å². The third-order valence-corrected chi connectivity index (χ3v) is 7.66. The molecule has 2 heterocycles. The van der Waals surface area contributed by atoms with Crippen molar-refractivity contribution in [2.75, 3.05) is 35.5 Å². The molecule has 2 aliphatic rings. The van der Waals surface area contributed by atoms with Crippen LogP contribution in [0.1, 0.15) is 11.1 Å². The Morgan fingerprint density at radius 3 is 2.48 bits per heavy atom. The van der Waals surface area contributed by atoms with Crippen molar-refractivity contribution in [3.63, 3.8) is 0 Å². The number of aryl methyl sites for hydroxylation is 1. The third-order valence-electron chi connectivity index (χ3n) is 5.89. The maximum atomic E-state index is 13.8. The standard InChI is InChI=1S/C25H24N2O5S/c1-18-6-8-20(9-7-18)27(17-25(28)26-13-12-19-4-2-3-5-22(19)26)33(29,30)21-10-11-23-24(16-21)32-15-14-31-23/h2-11,16H,12-15,17H2,1H3. The lowest BCUT2D eigenvalue weighted by Crippen LogP contribution is -2.42. The number of carbonyl (C=O) groups is 1. The van der Waals surface area contributed by atoms with Crippen LogP contribution in [0.5, 0.6) is 11.5 Å². The van der Waals surface area contributed by atoms with E-state index in [1.165, 1.54) is 16.4 Å². The molecule has 2 aliphatic heterocycles. The highest BCUT2D eigenvalue weighted by Gasteiger charge is 2.32. The molecule has 0 aliphatic carbocycles. The predicted octanol–water partition coefficient (Wildman–Crippen LogP) is 3.55. The lowest BCUT2D eigenvalue weighted by Gasteiger charge is -2.27. The Bertz CT molecular complexity index is 1300. The molecule has 0 spiro atoms. The van der Waals surface area contributed by atoms with Gasteiger partial charge in [-0.15, -0.1) is 0 Å². The average Bonchev–Trinajstić information content (AvgIpc) is 3.27. The first-order valence-electron chi connectivity index (χ1n) is 10.8. The minimum Gasteiger partial charge on any atom is -0.486 e. The van der Waals surface area contributed by atoms with Gasteiger partial charge in [-0.3, -0.25) is 9.10 Å². The van der Waals surface area contributed by atoms with Crippen molar-refractivity contribution in [2.45, 2.75) is 18.2 Å². The van der Waals surface area contributed by atoms with Crippen molar-refractivity contribution >= 4 is 27.3 Å². The van der Waals surface area contributed by atoms with E-state index in [2.05, 4.69) is 0 Å². The second kappa shape index (κ2) is 8.44. The van der Waals surface area contributed by atoms with Crippen molar-refractivity contribution in [1.82, 2.24) is 0 Å². The van der Waals surface area contributed by atoms with Gasteiger partial charge in [-0.25, -0.2) is 8.42 Å². The number of rotatable bonds is 5. The lowest BCUT2D eigenvalue weighted by atomic mass is 10.2. The van der Waals surface area contributed by atoms with Crippen LogP contribution in [0.4, 0.5) is 11.4 Å². The summed E-state index contributed by atoms with van der Waals surface area (Å²) < 4.78 is 39.8. The minimum absolute atomic E-state index is 0.0435. The number of fused-ring (bicyclic) bond motifs is 2. The van der Waals surface area contributed by atoms with Crippen LogP contribution in [0.3, 0.4) is 0 Å². The fourth-order valence-electron chi connectivity index (χ4n) is 4.14. The van der Waals surface area contributed by atoms with Crippen LogP contribution < -0.4 is 18.7 Å². The molecule has 8 heteroatoms. The number of hydrogen-bond donors (Lipinski definition) is 0. The Kier molecular flexibility index (Phi) is 5.46. The van der Waals surface area contributed by atoms with Gasteiger partial charge in [0, 0.05) is 18.3 Å². The van der Waals surface area contributed by atoms with Gasteiger partial charge in [0.1, 0.15) is 19.8 Å². The quantitative estimate of drug-likeness (QED) is 0.577. The Morgan fingerprint density at radius 2 is 1.70 bits per heavy atom. The van der Waals surface area contributed by atoms with Crippen molar-refractivity contribution < 1.29 is 22.7 Å². The van der Waals surface area contributed by atoms with E-state index in [4.69, 9.17) is 9.47 Å². The summed E-state index contributed by atoms with van der Waals surface area (Å²) in [7, 11) is -4.05. The highest BCUT2D eigenvalue weighted by atomic mass is 32.2. The molecule has 5 rings (SSSR count). The Balaban J connectivity index is 1.51. The molecule has 170 valence electrons. The van der Waals surface area contributed by atoms with Crippen molar-refractivity contribution in [1.29, 1.82) is 0 Å². The second-order valence-corrected chi connectivity index (χ2v) is 9.94. The molecule has 3 aromatic carbocycles. The summed E-state index contributed by atoms with van der Waals surface area (Å²) in [5.74, 6) is 0.611. The van der Waals surface area contributed by atoms with E-state index >= 15 is 0 Å². The predicted molar refractivity (Wildman–Crippen MR) is 126 cm³/mol. The Labute approximate surface area is 193 Å². The first kappa shape index (κ1) is 21.3. The normalized spacial score (nSPS) is 14.6. The molecule has 0 atom stereocenters. The van der Waals surface area contributed by atoms with E-state index in [9.17, 15) is 13.2 Å². The third kappa shape index (κ3) is 4.02. The molecule has 0 fully saturated rings. The van der Waals surface area contributed by atoms with E-state index in [-0.39, 0.29) is 17.3 Å². The fourth-order valence-corrected chi connectivity index (χ4v) is 5.57. The number of ether oxygens (including phenoxy) is 2. The van der Waals surface area contributed by atoms with E-state index in [1.54, 1.807) is 23.1 Å². The molecular weight excluding hydrogens is 440 g/mol. The number of hydrogen-bond acceptors (Lipinski definition) is 5. The van der Waals surface area contributed by atoms with Crippen LogP contribution in [0.25, 0.3) is 0 Å². The molecule has 0 N–H and O–H groups in total. The first-order chi connectivity index (χ1) is 15.9. The number of para-hydroxylation sites is 1. The van der Waals surface area contributed by atoms with E-state index in [0.29, 0.717) is 36.9 Å². The summed E-state index contributed by atoms with van der Waals surface area (Å²) in [4.78, 5) is 15.1. The molecule has 0 unspecified atom stereocenters. The number of anilines is 2. The minimum atomic E-state index is -4.05. The van der Waals surface area contributed by atoms with Crippen molar-refractivity contribution in [3.8, 4) is 11.5 Å². The van der Waals surface area contributed by atoms with Crippen LogP contribution in [0.2, 0.25) is 0 Å². The maximum absolute atomic E-state index is 13.8. The van der Waals surface area contributed by atoms with E-state index < -0.39 is 10.0 Å². The number of nitrogens with zero attached hydrogens (tertiary/aromatic N) is 2. The summed E-state index contributed by atoms with van der Waals surface area (Å²) in [6, 6.07) is 19.3. The van der Waals surface area contributed by atoms with Gasteiger partial charge < -0.3 is 14.4 Å². The summed E-state index contributed by atoms with van der Waals surface area (Å²) in [6.45, 7) is 2.92. The van der Waals surface area contributed by atoms with Gasteiger partial charge in [0.2, 0.25) is 5.91 Å². The molecule has 0 aromatic heterocycles. The number of sulfonamides is 1. The van der Waals surface area contributed by atoms with Crippen molar-refractivity contribution in [2.24, 2.45) is 0 Å². The van der Waals surface area contributed by atoms with Gasteiger partial charge in [0.05, 0.1) is 10.6 Å². The van der Waals surface area contributed by atoms with E-state index in [0.717, 1.165) is 23.2 Å². The molecule has 33 heavy (non-hydrogen) atoms.